The first-order valence-electron chi connectivity index (χ1n) is 11.2. The van der Waals surface area contributed by atoms with Gasteiger partial charge in [-0.05, 0) is 36.8 Å². The molecule has 0 atom stereocenters. The van der Waals surface area contributed by atoms with E-state index < -0.39 is 0 Å². The third kappa shape index (κ3) is 5.70. The van der Waals surface area contributed by atoms with Gasteiger partial charge in [-0.2, -0.15) is 5.06 Å². The number of hydrogen-bond acceptors (Lipinski definition) is 6. The number of piperidine rings is 1. The van der Waals surface area contributed by atoms with Crippen LogP contribution >= 0.6 is 12.4 Å². The molecule has 1 aliphatic carbocycles. The molecular formula is C23H34ClN3O4. The second kappa shape index (κ2) is 10.7. The Morgan fingerprint density at radius 2 is 1.68 bits per heavy atom. The molecule has 8 heteroatoms. The lowest BCUT2D eigenvalue weighted by Crippen LogP contribution is -2.48. The molecule has 0 radical (unpaired) electrons. The van der Waals surface area contributed by atoms with E-state index in [0.29, 0.717) is 19.4 Å². The van der Waals surface area contributed by atoms with Gasteiger partial charge in [0.1, 0.15) is 5.75 Å². The average molecular weight is 452 g/mol. The minimum Gasteiger partial charge on any atom is -0.497 e. The standard InChI is InChI=1S/C23H33N3O4.ClH/c1-29-20-7-4-6-19(16-20)25-13-11-24(12-14-25)10-5-15-30-26-21(27)17-23(18-22(26)28)8-2-3-9-23;/h4,6-7,16H,2-3,5,8-15,17-18H2,1H3;1H. The van der Waals surface area contributed by atoms with Crippen LogP contribution in [0.25, 0.3) is 0 Å². The summed E-state index contributed by atoms with van der Waals surface area (Å²) in [5.74, 6) is 0.577. The molecule has 4 rings (SSSR count). The minimum atomic E-state index is -0.153. The summed E-state index contributed by atoms with van der Waals surface area (Å²) in [6.07, 6.45) is 6.00. The Labute approximate surface area is 191 Å². The number of methoxy groups -OCH3 is 1. The van der Waals surface area contributed by atoms with Crippen LogP contribution in [0.5, 0.6) is 5.75 Å². The Kier molecular flexibility index (Phi) is 8.19. The Balaban J connectivity index is 0.00000272. The van der Waals surface area contributed by atoms with Crippen molar-refractivity contribution in [1.82, 2.24) is 9.96 Å². The molecule has 7 nitrogen and oxygen atoms in total. The number of piperazine rings is 1. The van der Waals surface area contributed by atoms with Crippen LogP contribution in [0, 0.1) is 5.41 Å². The van der Waals surface area contributed by atoms with Crippen molar-refractivity contribution in [2.75, 3.05) is 51.3 Å². The normalized spacial score (nSPS) is 21.5. The molecule has 0 aromatic heterocycles. The fourth-order valence-electron chi connectivity index (χ4n) is 5.09. The summed E-state index contributed by atoms with van der Waals surface area (Å²) in [7, 11) is 1.69. The SMILES string of the molecule is COc1cccc(N2CCN(CCCON3C(=O)CC4(CCCC4)CC3=O)CC2)c1.Cl. The highest BCUT2D eigenvalue weighted by molar-refractivity contribution is 5.97. The van der Waals surface area contributed by atoms with E-state index in [1.54, 1.807) is 7.11 Å². The smallest absolute Gasteiger partial charge is 0.254 e. The quantitative estimate of drug-likeness (QED) is 0.468. The maximum Gasteiger partial charge on any atom is 0.254 e. The molecule has 0 unspecified atom stereocenters. The van der Waals surface area contributed by atoms with Crippen molar-refractivity contribution < 1.29 is 19.2 Å². The molecule has 2 amide bonds. The molecule has 31 heavy (non-hydrogen) atoms. The van der Waals surface area contributed by atoms with Crippen LogP contribution in [0.1, 0.15) is 44.9 Å². The van der Waals surface area contributed by atoms with Crippen LogP contribution in [0.3, 0.4) is 0 Å². The third-order valence-corrected chi connectivity index (χ3v) is 6.80. The summed E-state index contributed by atoms with van der Waals surface area (Å²) in [6.45, 7) is 5.23. The molecule has 3 aliphatic rings. The number of carbonyl (C=O) groups excluding carboxylic acids is 2. The zero-order chi connectivity index (χ0) is 21.0. The van der Waals surface area contributed by atoms with E-state index in [-0.39, 0.29) is 29.6 Å². The van der Waals surface area contributed by atoms with Gasteiger partial charge >= 0.3 is 0 Å². The minimum absolute atomic E-state index is 0. The fraction of sp³-hybridized carbons (Fsp3) is 0.652. The highest BCUT2D eigenvalue weighted by Crippen LogP contribution is 2.46. The largest absolute Gasteiger partial charge is 0.497 e. The topological polar surface area (TPSA) is 62.3 Å². The van der Waals surface area contributed by atoms with Crippen LogP contribution in [0.4, 0.5) is 5.69 Å². The van der Waals surface area contributed by atoms with E-state index in [0.717, 1.165) is 75.6 Å². The molecule has 1 saturated carbocycles. The number of ether oxygens (including phenoxy) is 1. The predicted octanol–water partition coefficient (Wildman–Crippen LogP) is 3.27. The molecule has 2 aliphatic heterocycles. The first kappa shape index (κ1) is 23.8. The van der Waals surface area contributed by atoms with Crippen molar-refractivity contribution in [3.63, 3.8) is 0 Å². The van der Waals surface area contributed by atoms with Gasteiger partial charge in [0.2, 0.25) is 0 Å². The molecule has 0 bridgehead atoms. The number of carbonyl (C=O) groups is 2. The third-order valence-electron chi connectivity index (χ3n) is 6.80. The van der Waals surface area contributed by atoms with Crippen molar-refractivity contribution in [3.05, 3.63) is 24.3 Å². The van der Waals surface area contributed by atoms with Crippen LogP contribution in [-0.2, 0) is 14.4 Å². The second-order valence-corrected chi connectivity index (χ2v) is 8.86. The van der Waals surface area contributed by atoms with Gasteiger partial charge in [-0.25, -0.2) is 0 Å². The molecular weight excluding hydrogens is 418 g/mol. The molecule has 1 spiro atoms. The summed E-state index contributed by atoms with van der Waals surface area (Å²) in [4.78, 5) is 35.3. The van der Waals surface area contributed by atoms with Gasteiger partial charge in [0.05, 0.1) is 13.7 Å². The van der Waals surface area contributed by atoms with Crippen LogP contribution < -0.4 is 9.64 Å². The summed E-state index contributed by atoms with van der Waals surface area (Å²) in [6, 6.07) is 8.18. The Morgan fingerprint density at radius 1 is 1.00 bits per heavy atom. The van der Waals surface area contributed by atoms with E-state index in [1.165, 1.54) is 5.69 Å². The van der Waals surface area contributed by atoms with Crippen molar-refractivity contribution >= 4 is 29.9 Å². The average Bonchev–Trinajstić information content (AvgIpc) is 3.20. The molecule has 0 N–H and O–H groups in total. The van der Waals surface area contributed by atoms with Crippen molar-refractivity contribution in [3.8, 4) is 5.75 Å². The highest BCUT2D eigenvalue weighted by atomic mass is 35.5. The number of amides is 2. The van der Waals surface area contributed by atoms with E-state index in [9.17, 15) is 9.59 Å². The molecule has 1 aromatic carbocycles. The molecule has 172 valence electrons. The predicted molar refractivity (Wildman–Crippen MR) is 121 cm³/mol. The highest BCUT2D eigenvalue weighted by Gasteiger charge is 2.45. The Hall–Kier alpha value is -1.83. The van der Waals surface area contributed by atoms with Crippen molar-refractivity contribution in [2.24, 2.45) is 5.41 Å². The van der Waals surface area contributed by atoms with Gasteiger partial charge in [-0.3, -0.25) is 19.3 Å². The summed E-state index contributed by atoms with van der Waals surface area (Å²) in [5, 5.41) is 1.05. The lowest BCUT2D eigenvalue weighted by Gasteiger charge is -2.37. The van der Waals surface area contributed by atoms with E-state index in [1.807, 2.05) is 12.1 Å². The number of rotatable bonds is 7. The first-order chi connectivity index (χ1) is 14.6. The summed E-state index contributed by atoms with van der Waals surface area (Å²) < 4.78 is 5.32. The summed E-state index contributed by atoms with van der Waals surface area (Å²) >= 11 is 0. The van der Waals surface area contributed by atoms with Gasteiger partial charge in [0, 0.05) is 57.3 Å². The van der Waals surface area contributed by atoms with Crippen LogP contribution in [0.2, 0.25) is 0 Å². The number of anilines is 1. The zero-order valence-corrected chi connectivity index (χ0v) is 19.2. The first-order valence-corrected chi connectivity index (χ1v) is 11.2. The number of benzene rings is 1. The monoisotopic (exact) mass is 451 g/mol. The van der Waals surface area contributed by atoms with Gasteiger partial charge in [-0.1, -0.05) is 18.9 Å². The molecule has 3 fully saturated rings. The number of nitrogens with zero attached hydrogens (tertiary/aromatic N) is 3. The van der Waals surface area contributed by atoms with Crippen molar-refractivity contribution in [2.45, 2.75) is 44.9 Å². The number of hydrogen-bond donors (Lipinski definition) is 0. The lowest BCUT2D eigenvalue weighted by molar-refractivity contribution is -0.205. The summed E-state index contributed by atoms with van der Waals surface area (Å²) in [5.41, 5.74) is 1.12. The number of imide groups is 1. The van der Waals surface area contributed by atoms with Crippen molar-refractivity contribution in [1.29, 1.82) is 0 Å². The van der Waals surface area contributed by atoms with Gasteiger partial charge in [0.25, 0.3) is 11.8 Å². The van der Waals surface area contributed by atoms with Gasteiger partial charge < -0.3 is 9.64 Å². The van der Waals surface area contributed by atoms with E-state index in [2.05, 4.69) is 21.9 Å². The number of hydroxylamine groups is 2. The fourth-order valence-corrected chi connectivity index (χ4v) is 5.09. The lowest BCUT2D eigenvalue weighted by atomic mass is 9.77. The van der Waals surface area contributed by atoms with Gasteiger partial charge in [0.15, 0.2) is 0 Å². The van der Waals surface area contributed by atoms with E-state index in [4.69, 9.17) is 9.57 Å². The molecule has 2 saturated heterocycles. The van der Waals surface area contributed by atoms with E-state index >= 15 is 0 Å². The Morgan fingerprint density at radius 3 is 2.32 bits per heavy atom. The van der Waals surface area contributed by atoms with Gasteiger partial charge in [-0.15, -0.1) is 12.4 Å². The second-order valence-electron chi connectivity index (χ2n) is 8.86. The number of halogens is 1. The van der Waals surface area contributed by atoms with Crippen LogP contribution in [-0.4, -0.2) is 68.2 Å². The maximum absolute atomic E-state index is 12.4. The maximum atomic E-state index is 12.4. The Bertz CT molecular complexity index is 741. The zero-order valence-electron chi connectivity index (χ0n) is 18.4. The van der Waals surface area contributed by atoms with Crippen LogP contribution in [0.15, 0.2) is 24.3 Å². The molecule has 2 heterocycles. The molecule has 1 aromatic rings.